The molecule has 0 bridgehead atoms. The molecule has 0 aliphatic carbocycles. The Morgan fingerprint density at radius 3 is 2.55 bits per heavy atom. The molecule has 0 amide bonds. The summed E-state index contributed by atoms with van der Waals surface area (Å²) in [4.78, 5) is 24.1. The zero-order valence-corrected chi connectivity index (χ0v) is 12.6. The predicted octanol–water partition coefficient (Wildman–Crippen LogP) is 2.91. The quantitative estimate of drug-likeness (QED) is 0.687. The summed E-state index contributed by atoms with van der Waals surface area (Å²) < 4.78 is 13.1. The van der Waals surface area contributed by atoms with Gasteiger partial charge in [-0.2, -0.15) is 0 Å². The predicted molar refractivity (Wildman–Crippen MR) is 78.5 cm³/mol. The van der Waals surface area contributed by atoms with Gasteiger partial charge in [-0.1, -0.05) is 11.6 Å². The van der Waals surface area contributed by atoms with Crippen LogP contribution in [0.5, 0.6) is 0 Å². The highest BCUT2D eigenvalue weighted by atomic mass is 35.5. The van der Waals surface area contributed by atoms with Crippen LogP contribution < -0.4 is 0 Å². The third-order valence-electron chi connectivity index (χ3n) is 4.40. The van der Waals surface area contributed by atoms with Crippen molar-refractivity contribution >= 4 is 23.4 Å². The summed E-state index contributed by atoms with van der Waals surface area (Å²) in [6, 6.07) is 5.29. The molecule has 0 radical (unpaired) electrons. The van der Waals surface area contributed by atoms with Gasteiger partial charge in [0.05, 0.1) is 13.6 Å². The lowest BCUT2D eigenvalue weighted by atomic mass is 10.1. The maximum absolute atomic E-state index is 13.0. The number of nitrogens with zero attached hydrogens (tertiary/aromatic N) is 1. The molecule has 1 fully saturated rings. The molecule has 1 aromatic carbocycles. The van der Waals surface area contributed by atoms with E-state index in [9.17, 15) is 19.1 Å². The fraction of sp³-hybridized carbons (Fsp3) is 0.250. The van der Waals surface area contributed by atoms with E-state index in [0.29, 0.717) is 35.0 Å². The van der Waals surface area contributed by atoms with Gasteiger partial charge >= 0.3 is 5.97 Å². The van der Waals surface area contributed by atoms with Gasteiger partial charge in [0.1, 0.15) is 22.5 Å². The number of quaternary nitrogens is 1. The Kier molecular flexibility index (Phi) is 3.42. The average molecular weight is 323 g/mol. The number of hydrogen-bond acceptors (Lipinski definition) is 2. The van der Waals surface area contributed by atoms with E-state index in [1.54, 1.807) is 7.05 Å². The number of carbonyl (C=O) groups is 2. The first-order valence-corrected chi connectivity index (χ1v) is 7.23. The zero-order valence-electron chi connectivity index (χ0n) is 11.8. The number of ketones is 1. The topological polar surface area (TPSA) is 54.4 Å². The molecule has 3 rings (SSSR count). The Balaban J connectivity index is 1.98. The third-order valence-corrected chi connectivity index (χ3v) is 4.71. The molecule has 2 aliphatic rings. The molecule has 4 nitrogen and oxygen atoms in total. The van der Waals surface area contributed by atoms with Crippen LogP contribution in [-0.4, -0.2) is 34.9 Å². The second kappa shape index (κ2) is 5.04. The summed E-state index contributed by atoms with van der Waals surface area (Å²) in [6.45, 7) is 0.501. The molecule has 2 atom stereocenters. The monoisotopic (exact) mass is 322 g/mol. The number of Topliss-reactive ketones (excluding diaryl/α,β-unsaturated/α-hetero) is 1. The minimum atomic E-state index is -0.932. The largest absolute Gasteiger partial charge is 0.481 e. The smallest absolute Gasteiger partial charge is 0.316 e. The minimum Gasteiger partial charge on any atom is -0.481 e. The first-order valence-electron chi connectivity index (χ1n) is 6.85. The van der Waals surface area contributed by atoms with Crippen LogP contribution in [-0.2, 0) is 4.79 Å². The Labute approximate surface area is 131 Å². The summed E-state index contributed by atoms with van der Waals surface area (Å²) in [5.74, 6) is -2.28. The molecule has 114 valence electrons. The van der Waals surface area contributed by atoms with Crippen LogP contribution in [0.1, 0.15) is 16.8 Å². The first kappa shape index (κ1) is 14.9. The van der Waals surface area contributed by atoms with Crippen LogP contribution in [0, 0.1) is 11.7 Å². The molecule has 22 heavy (non-hydrogen) atoms. The summed E-state index contributed by atoms with van der Waals surface area (Å²) in [7, 11) is 1.79. The molecular weight excluding hydrogens is 309 g/mol. The number of fused-ring (bicyclic) bond motifs is 1. The second-order valence-electron chi connectivity index (χ2n) is 5.69. The maximum Gasteiger partial charge on any atom is 0.316 e. The molecule has 0 saturated carbocycles. The van der Waals surface area contributed by atoms with Gasteiger partial charge in [-0.15, -0.1) is 0 Å². The minimum absolute atomic E-state index is 0.117. The van der Waals surface area contributed by atoms with Crippen LogP contribution in [0.2, 0.25) is 0 Å². The first-order chi connectivity index (χ1) is 10.3. The second-order valence-corrected chi connectivity index (χ2v) is 6.10. The molecule has 1 aromatic rings. The van der Waals surface area contributed by atoms with Crippen molar-refractivity contribution in [3.63, 3.8) is 0 Å². The number of carboxylic acid groups (broad SMARTS) is 1. The molecule has 0 spiro atoms. The van der Waals surface area contributed by atoms with Gasteiger partial charge in [-0.3, -0.25) is 14.1 Å². The van der Waals surface area contributed by atoms with E-state index < -0.39 is 17.7 Å². The van der Waals surface area contributed by atoms with Gasteiger partial charge in [0.15, 0.2) is 5.70 Å². The van der Waals surface area contributed by atoms with Gasteiger partial charge in [0.25, 0.3) is 0 Å². The van der Waals surface area contributed by atoms with Crippen molar-refractivity contribution in [1.82, 2.24) is 0 Å². The van der Waals surface area contributed by atoms with E-state index in [2.05, 4.69) is 0 Å². The van der Waals surface area contributed by atoms with Gasteiger partial charge in [-0.05, 0) is 24.3 Å². The van der Waals surface area contributed by atoms with Crippen molar-refractivity contribution in [2.45, 2.75) is 6.42 Å². The van der Waals surface area contributed by atoms with Crippen LogP contribution in [0.4, 0.5) is 4.39 Å². The third kappa shape index (κ3) is 2.09. The van der Waals surface area contributed by atoms with Crippen LogP contribution >= 0.6 is 11.6 Å². The Morgan fingerprint density at radius 2 is 1.95 bits per heavy atom. The van der Waals surface area contributed by atoms with E-state index in [0.717, 1.165) is 0 Å². The number of aliphatic carboxylic acids is 1. The molecule has 2 unspecified atom stereocenters. The van der Waals surface area contributed by atoms with E-state index in [1.807, 2.05) is 0 Å². The summed E-state index contributed by atoms with van der Waals surface area (Å²) in [5, 5.41) is 9.63. The Hall–Kier alpha value is -1.98. The number of hydrogen-bond donors (Lipinski definition) is 1. The summed E-state index contributed by atoms with van der Waals surface area (Å²) in [5.41, 5.74) is 1.34. The van der Waals surface area contributed by atoms with E-state index >= 15 is 0 Å². The van der Waals surface area contributed by atoms with Gasteiger partial charge in [0.2, 0.25) is 5.78 Å². The highest BCUT2D eigenvalue weighted by Crippen LogP contribution is 2.47. The molecule has 2 aliphatic heterocycles. The van der Waals surface area contributed by atoms with Crippen LogP contribution in [0.3, 0.4) is 0 Å². The van der Waals surface area contributed by atoms with Crippen molar-refractivity contribution < 1.29 is 23.6 Å². The van der Waals surface area contributed by atoms with Crippen molar-refractivity contribution in [1.29, 1.82) is 0 Å². The Morgan fingerprint density at radius 1 is 1.32 bits per heavy atom. The SMILES string of the molecule is C[N+]12CCC(C(=O)O)C1=C(Cl)C=C2C(=O)c1ccc(F)cc1. The van der Waals surface area contributed by atoms with Gasteiger partial charge < -0.3 is 5.11 Å². The average Bonchev–Trinajstić information content (AvgIpc) is 2.94. The molecule has 2 heterocycles. The number of benzene rings is 1. The van der Waals surface area contributed by atoms with Crippen molar-refractivity contribution in [2.24, 2.45) is 5.92 Å². The molecule has 6 heteroatoms. The number of carbonyl (C=O) groups excluding carboxylic acids is 1. The molecular formula is C16H14ClFNO3+. The fourth-order valence-electron chi connectivity index (χ4n) is 3.26. The number of rotatable bonds is 3. The zero-order chi connectivity index (χ0) is 16.1. The summed E-state index contributed by atoms with van der Waals surface area (Å²) in [6.07, 6.45) is 1.98. The van der Waals surface area contributed by atoms with E-state index in [4.69, 9.17) is 11.6 Å². The highest BCUT2D eigenvalue weighted by molar-refractivity contribution is 6.32. The van der Waals surface area contributed by atoms with Crippen molar-refractivity contribution in [3.05, 3.63) is 58.1 Å². The maximum atomic E-state index is 13.0. The van der Waals surface area contributed by atoms with Gasteiger partial charge in [0, 0.05) is 18.1 Å². The molecule has 0 aromatic heterocycles. The molecule has 1 N–H and O–H groups in total. The normalized spacial score (nSPS) is 26.9. The number of carboxylic acids is 1. The lowest BCUT2D eigenvalue weighted by Gasteiger charge is -2.28. The summed E-state index contributed by atoms with van der Waals surface area (Å²) >= 11 is 6.21. The Bertz CT molecular complexity index is 738. The fourth-order valence-corrected chi connectivity index (χ4v) is 3.68. The number of halogens is 2. The van der Waals surface area contributed by atoms with E-state index in [-0.39, 0.29) is 10.3 Å². The lowest BCUT2D eigenvalue weighted by molar-refractivity contribution is -0.817. The van der Waals surface area contributed by atoms with E-state index in [1.165, 1.54) is 30.3 Å². The standard InChI is InChI=1S/C16H13ClFNO3/c1-19-7-6-11(16(21)22)14(19)12(17)8-13(19)15(20)9-2-4-10(18)5-3-9/h2-5,8,11H,6-7H2,1H3/p+1. The lowest BCUT2D eigenvalue weighted by Crippen LogP contribution is -2.40. The van der Waals surface area contributed by atoms with Gasteiger partial charge in [-0.25, -0.2) is 4.39 Å². The van der Waals surface area contributed by atoms with Crippen molar-refractivity contribution in [3.8, 4) is 0 Å². The number of likely N-dealkylation sites (N-methyl/N-ethyl adjacent to an activating group) is 1. The van der Waals surface area contributed by atoms with Crippen molar-refractivity contribution in [2.75, 3.05) is 13.6 Å². The van der Waals surface area contributed by atoms with Crippen LogP contribution in [0.25, 0.3) is 0 Å². The number of allylic oxidation sites excluding steroid dienone is 3. The highest BCUT2D eigenvalue weighted by Gasteiger charge is 2.53. The van der Waals surface area contributed by atoms with Crippen LogP contribution in [0.15, 0.2) is 46.8 Å². The molecule has 1 saturated heterocycles.